The van der Waals surface area contributed by atoms with Gasteiger partial charge in [-0.2, -0.15) is 5.26 Å². The fourth-order valence-electron chi connectivity index (χ4n) is 5.63. The van der Waals surface area contributed by atoms with Crippen LogP contribution in [0.25, 0.3) is 11.3 Å². The molecular formula is C28H36N6. The number of hydrogen-bond donors (Lipinski definition) is 1. The molecule has 178 valence electrons. The van der Waals surface area contributed by atoms with Gasteiger partial charge in [0, 0.05) is 42.4 Å². The smallest absolute Gasteiger partial charge is 0.151 e. The van der Waals surface area contributed by atoms with E-state index in [1.165, 1.54) is 5.57 Å². The van der Waals surface area contributed by atoms with E-state index in [4.69, 9.17) is 0 Å². The third-order valence-electron chi connectivity index (χ3n) is 6.93. The van der Waals surface area contributed by atoms with Crippen molar-refractivity contribution < 1.29 is 0 Å². The van der Waals surface area contributed by atoms with Crippen molar-refractivity contribution in [2.45, 2.75) is 84.3 Å². The van der Waals surface area contributed by atoms with Gasteiger partial charge in [0.15, 0.2) is 5.82 Å². The Morgan fingerprint density at radius 3 is 2.35 bits per heavy atom. The topological polar surface area (TPSA) is 77.2 Å². The standard InChI is InChI=1S/C28H36N6/c1-8-19-12-20(24-11-18(2)17-30-24)13-21(16-29)26(19)23-9-10-25(32-31-23)34(7)22-14-27(3,4)33-28(5,6)15-22/h9-10,12-13,17,22,33H,8,11,14-15H2,1-7H3. The van der Waals surface area contributed by atoms with Gasteiger partial charge in [0.2, 0.25) is 0 Å². The molecule has 0 atom stereocenters. The number of hydrogen-bond acceptors (Lipinski definition) is 6. The van der Waals surface area contributed by atoms with Gasteiger partial charge < -0.3 is 10.2 Å². The Morgan fingerprint density at radius 1 is 1.12 bits per heavy atom. The van der Waals surface area contributed by atoms with Crippen LogP contribution in [0, 0.1) is 11.3 Å². The molecule has 1 fully saturated rings. The van der Waals surface area contributed by atoms with Crippen LogP contribution >= 0.6 is 0 Å². The summed E-state index contributed by atoms with van der Waals surface area (Å²) in [7, 11) is 2.11. The fourth-order valence-corrected chi connectivity index (χ4v) is 5.63. The number of aliphatic imine (C=N–C) groups is 1. The molecule has 1 aromatic carbocycles. The van der Waals surface area contributed by atoms with E-state index in [0.717, 1.165) is 59.6 Å². The minimum absolute atomic E-state index is 0.0607. The summed E-state index contributed by atoms with van der Waals surface area (Å²) in [6.07, 6.45) is 5.62. The molecule has 0 aliphatic carbocycles. The molecule has 0 spiro atoms. The van der Waals surface area contributed by atoms with Crippen LogP contribution < -0.4 is 10.2 Å². The molecule has 6 nitrogen and oxygen atoms in total. The molecule has 0 radical (unpaired) electrons. The molecule has 6 heteroatoms. The lowest BCUT2D eigenvalue weighted by molar-refractivity contribution is 0.160. The van der Waals surface area contributed by atoms with Gasteiger partial charge in [0.1, 0.15) is 0 Å². The molecule has 34 heavy (non-hydrogen) atoms. The lowest BCUT2D eigenvalue weighted by Crippen LogP contribution is -2.62. The van der Waals surface area contributed by atoms with Crippen molar-refractivity contribution in [3.8, 4) is 17.3 Å². The molecule has 2 aromatic rings. The Bertz CT molecular complexity index is 1160. The van der Waals surface area contributed by atoms with Crippen molar-refractivity contribution in [1.82, 2.24) is 15.5 Å². The van der Waals surface area contributed by atoms with E-state index in [-0.39, 0.29) is 11.1 Å². The van der Waals surface area contributed by atoms with Crippen molar-refractivity contribution in [3.63, 3.8) is 0 Å². The number of aryl methyl sites for hydroxylation is 1. The fraction of sp³-hybridized carbons (Fsp3) is 0.500. The Labute approximate surface area is 203 Å². The summed E-state index contributed by atoms with van der Waals surface area (Å²) in [6, 6.07) is 10.9. The second kappa shape index (κ2) is 8.96. The summed E-state index contributed by atoms with van der Waals surface area (Å²) in [5.41, 5.74) is 6.74. The first kappa shape index (κ1) is 24.1. The van der Waals surface area contributed by atoms with Crippen molar-refractivity contribution >= 4 is 11.5 Å². The van der Waals surface area contributed by atoms with E-state index < -0.39 is 0 Å². The molecule has 0 amide bonds. The largest absolute Gasteiger partial charge is 0.355 e. The summed E-state index contributed by atoms with van der Waals surface area (Å²) in [4.78, 5) is 6.80. The molecule has 0 unspecified atom stereocenters. The van der Waals surface area contributed by atoms with Crippen LogP contribution in [-0.2, 0) is 6.42 Å². The maximum absolute atomic E-state index is 9.96. The molecule has 2 aliphatic rings. The van der Waals surface area contributed by atoms with E-state index in [1.54, 1.807) is 0 Å². The number of nitrogens with one attached hydrogen (secondary N) is 1. The van der Waals surface area contributed by atoms with E-state index in [1.807, 2.05) is 24.4 Å². The number of nitrogens with zero attached hydrogens (tertiary/aromatic N) is 5. The molecular weight excluding hydrogens is 420 g/mol. The third kappa shape index (κ3) is 4.90. The van der Waals surface area contributed by atoms with Crippen molar-refractivity contribution in [3.05, 3.63) is 52.7 Å². The van der Waals surface area contributed by atoms with Crippen LogP contribution in [0.3, 0.4) is 0 Å². The Morgan fingerprint density at radius 2 is 1.82 bits per heavy atom. The van der Waals surface area contributed by atoms with Gasteiger partial charge in [-0.25, -0.2) is 0 Å². The van der Waals surface area contributed by atoms with Gasteiger partial charge >= 0.3 is 0 Å². The highest BCUT2D eigenvalue weighted by molar-refractivity contribution is 6.04. The first-order chi connectivity index (χ1) is 16.0. The zero-order chi connectivity index (χ0) is 24.7. The van der Waals surface area contributed by atoms with E-state index in [2.05, 4.69) is 86.1 Å². The predicted octanol–water partition coefficient (Wildman–Crippen LogP) is 5.42. The average molecular weight is 457 g/mol. The molecule has 4 rings (SSSR count). The van der Waals surface area contributed by atoms with Crippen LogP contribution in [0.5, 0.6) is 0 Å². The SMILES string of the molecule is CCc1cc(C2=NC=C(C)C2)cc(C#N)c1-c1ccc(N(C)C2CC(C)(C)NC(C)(C)C2)nn1. The zero-order valence-corrected chi connectivity index (χ0v) is 21.5. The molecule has 2 aliphatic heterocycles. The first-order valence-corrected chi connectivity index (χ1v) is 12.2. The van der Waals surface area contributed by atoms with Gasteiger partial charge in [0.25, 0.3) is 0 Å². The van der Waals surface area contributed by atoms with E-state index in [0.29, 0.717) is 11.6 Å². The van der Waals surface area contributed by atoms with Crippen LogP contribution in [0.1, 0.15) is 77.5 Å². The predicted molar refractivity (Wildman–Crippen MR) is 139 cm³/mol. The molecule has 1 saturated heterocycles. The maximum atomic E-state index is 9.96. The summed E-state index contributed by atoms with van der Waals surface area (Å²) in [5, 5.41) is 22.9. The average Bonchev–Trinajstić information content (AvgIpc) is 3.22. The summed E-state index contributed by atoms with van der Waals surface area (Å²) >= 11 is 0. The van der Waals surface area contributed by atoms with Crippen LogP contribution in [0.4, 0.5) is 5.82 Å². The number of nitriles is 1. The van der Waals surface area contributed by atoms with Crippen molar-refractivity contribution in [2.24, 2.45) is 4.99 Å². The molecule has 1 aromatic heterocycles. The monoisotopic (exact) mass is 456 g/mol. The Balaban J connectivity index is 1.63. The second-order valence-electron chi connectivity index (χ2n) is 11.1. The number of anilines is 1. The van der Waals surface area contributed by atoms with E-state index >= 15 is 0 Å². The highest BCUT2D eigenvalue weighted by Crippen LogP contribution is 2.34. The van der Waals surface area contributed by atoms with Gasteiger partial charge in [-0.15, -0.1) is 10.2 Å². The lowest BCUT2D eigenvalue weighted by Gasteiger charge is -2.49. The van der Waals surface area contributed by atoms with Gasteiger partial charge in [-0.1, -0.05) is 6.92 Å². The minimum atomic E-state index is 0.0607. The summed E-state index contributed by atoms with van der Waals surface area (Å²) in [5.74, 6) is 0.859. The zero-order valence-electron chi connectivity index (χ0n) is 21.5. The van der Waals surface area contributed by atoms with Crippen molar-refractivity contribution in [1.29, 1.82) is 5.26 Å². The van der Waals surface area contributed by atoms with Crippen LogP contribution in [0.2, 0.25) is 0 Å². The number of aromatic nitrogens is 2. The number of benzene rings is 1. The maximum Gasteiger partial charge on any atom is 0.151 e. The highest BCUT2D eigenvalue weighted by Gasteiger charge is 2.39. The molecule has 0 bridgehead atoms. The Kier molecular flexibility index (Phi) is 6.35. The van der Waals surface area contributed by atoms with Crippen molar-refractivity contribution in [2.75, 3.05) is 11.9 Å². The molecule has 0 saturated carbocycles. The molecule has 3 heterocycles. The molecule has 1 N–H and O–H groups in total. The van der Waals surface area contributed by atoms with Gasteiger partial charge in [-0.3, -0.25) is 4.99 Å². The Hall–Kier alpha value is -3.04. The lowest BCUT2D eigenvalue weighted by atomic mass is 9.79. The number of piperidine rings is 1. The van der Waals surface area contributed by atoms with Gasteiger partial charge in [0.05, 0.1) is 23.0 Å². The third-order valence-corrected chi connectivity index (χ3v) is 6.93. The van der Waals surface area contributed by atoms with Crippen LogP contribution in [-0.4, -0.2) is 40.1 Å². The summed E-state index contributed by atoms with van der Waals surface area (Å²) < 4.78 is 0. The normalized spacial score (nSPS) is 19.4. The van der Waals surface area contributed by atoms with E-state index in [9.17, 15) is 5.26 Å². The number of rotatable bonds is 5. The van der Waals surface area contributed by atoms with Crippen LogP contribution in [0.15, 0.2) is 41.0 Å². The highest BCUT2D eigenvalue weighted by atomic mass is 15.3. The summed E-state index contributed by atoms with van der Waals surface area (Å²) in [6.45, 7) is 13.2. The quantitative estimate of drug-likeness (QED) is 0.650. The number of allylic oxidation sites excluding steroid dienone is 1. The van der Waals surface area contributed by atoms with Gasteiger partial charge in [-0.05, 0) is 94.8 Å². The first-order valence-electron chi connectivity index (χ1n) is 12.2. The second-order valence-corrected chi connectivity index (χ2v) is 11.1. The minimum Gasteiger partial charge on any atom is -0.355 e.